The summed E-state index contributed by atoms with van der Waals surface area (Å²) in [4.78, 5) is 26.1. The number of rotatable bonds is 13. The zero-order chi connectivity index (χ0) is 33.3. The Morgan fingerprint density at radius 1 is 0.688 bits per heavy atom. The maximum atomic E-state index is 13.6. The molecule has 1 aliphatic carbocycles. The van der Waals surface area contributed by atoms with Gasteiger partial charge in [-0.05, 0) is 39.1 Å². The number of benzene rings is 4. The van der Waals surface area contributed by atoms with Crippen molar-refractivity contribution in [3.05, 3.63) is 131 Å². The maximum Gasteiger partial charge on any atom is 0.508 e. The molecule has 2 aliphatic rings. The van der Waals surface area contributed by atoms with Gasteiger partial charge in [-0.1, -0.05) is 116 Å². The standard InChI is InChI=1S/C39H40O8S/c1-3-48-38-37(43-23-28-16-8-5-9-17-28)36(35(45-26(2)40)34(46-38)25-42-22-27-14-6-4-7-15-27)47-39(41)44-24-33-31-20-12-10-18-29(31)30-19-11-13-21-32(30)33/h4-21,33-38H,3,22-25H2,1-2H3/t34-,35+,36+,37-,38+/m1/s1. The fourth-order valence-corrected chi connectivity index (χ4v) is 7.30. The van der Waals surface area contributed by atoms with Crippen molar-refractivity contribution in [1.82, 2.24) is 0 Å². The first-order chi connectivity index (χ1) is 23.5. The van der Waals surface area contributed by atoms with Crippen LogP contribution in [-0.4, -0.2) is 60.9 Å². The average molecular weight is 669 g/mol. The molecular weight excluding hydrogens is 628 g/mol. The van der Waals surface area contributed by atoms with Crippen LogP contribution in [0.3, 0.4) is 0 Å². The average Bonchev–Trinajstić information content (AvgIpc) is 3.43. The van der Waals surface area contributed by atoms with Crippen LogP contribution in [0.2, 0.25) is 0 Å². The number of ether oxygens (including phenoxy) is 6. The molecule has 0 aromatic heterocycles. The van der Waals surface area contributed by atoms with Gasteiger partial charge in [0.1, 0.15) is 24.3 Å². The monoisotopic (exact) mass is 668 g/mol. The molecule has 1 heterocycles. The molecule has 1 saturated heterocycles. The lowest BCUT2D eigenvalue weighted by Crippen LogP contribution is -2.61. The summed E-state index contributed by atoms with van der Waals surface area (Å²) < 4.78 is 36.8. The molecule has 8 nitrogen and oxygen atoms in total. The highest BCUT2D eigenvalue weighted by atomic mass is 32.2. The first-order valence-corrected chi connectivity index (χ1v) is 17.3. The summed E-state index contributed by atoms with van der Waals surface area (Å²) in [6.07, 6.45) is -4.42. The van der Waals surface area contributed by atoms with Crippen molar-refractivity contribution in [2.75, 3.05) is 19.0 Å². The Balaban J connectivity index is 1.23. The molecule has 1 fully saturated rings. The molecule has 0 N–H and O–H groups in total. The van der Waals surface area contributed by atoms with Crippen LogP contribution in [0, 0.1) is 0 Å². The molecule has 6 rings (SSSR count). The first-order valence-electron chi connectivity index (χ1n) is 16.2. The summed E-state index contributed by atoms with van der Waals surface area (Å²) in [5.74, 6) is 0.0290. The molecule has 250 valence electrons. The highest BCUT2D eigenvalue weighted by Crippen LogP contribution is 2.44. The predicted octanol–water partition coefficient (Wildman–Crippen LogP) is 7.53. The van der Waals surface area contributed by atoms with Gasteiger partial charge in [-0.2, -0.15) is 0 Å². The van der Waals surface area contributed by atoms with E-state index in [1.807, 2.05) is 91.9 Å². The van der Waals surface area contributed by atoms with E-state index in [-0.39, 0.29) is 25.7 Å². The van der Waals surface area contributed by atoms with Crippen LogP contribution < -0.4 is 0 Å². The molecule has 48 heavy (non-hydrogen) atoms. The van der Waals surface area contributed by atoms with Crippen molar-refractivity contribution in [2.24, 2.45) is 0 Å². The van der Waals surface area contributed by atoms with Crippen molar-refractivity contribution in [2.45, 2.75) is 62.8 Å². The molecule has 1 aliphatic heterocycles. The van der Waals surface area contributed by atoms with E-state index in [2.05, 4.69) is 24.3 Å². The Hall–Kier alpha value is -4.15. The molecule has 0 radical (unpaired) electrons. The van der Waals surface area contributed by atoms with Crippen molar-refractivity contribution < 1.29 is 38.0 Å². The number of carbonyl (C=O) groups excluding carboxylic acids is 2. The Morgan fingerprint density at radius 2 is 1.27 bits per heavy atom. The molecule has 4 aromatic carbocycles. The van der Waals surface area contributed by atoms with Crippen molar-refractivity contribution in [3.63, 3.8) is 0 Å². The van der Waals surface area contributed by atoms with E-state index in [9.17, 15) is 9.59 Å². The molecule has 0 saturated carbocycles. The first kappa shape index (κ1) is 33.7. The molecule has 0 unspecified atom stereocenters. The summed E-state index contributed by atoms with van der Waals surface area (Å²) in [5.41, 5.74) is 5.83. The van der Waals surface area contributed by atoms with Gasteiger partial charge in [0.05, 0.1) is 19.8 Å². The number of fused-ring (bicyclic) bond motifs is 3. The van der Waals surface area contributed by atoms with Crippen molar-refractivity contribution >= 4 is 23.9 Å². The van der Waals surface area contributed by atoms with Crippen molar-refractivity contribution in [1.29, 1.82) is 0 Å². The van der Waals surface area contributed by atoms with E-state index in [1.54, 1.807) is 0 Å². The topological polar surface area (TPSA) is 89.5 Å². The number of esters is 1. The largest absolute Gasteiger partial charge is 0.508 e. The fourth-order valence-electron chi connectivity index (χ4n) is 6.32. The van der Waals surface area contributed by atoms with Crippen LogP contribution in [0.25, 0.3) is 11.1 Å². The zero-order valence-electron chi connectivity index (χ0n) is 27.1. The van der Waals surface area contributed by atoms with Gasteiger partial charge in [0, 0.05) is 12.8 Å². The van der Waals surface area contributed by atoms with Crippen molar-refractivity contribution in [3.8, 4) is 11.1 Å². The van der Waals surface area contributed by atoms with Crippen LogP contribution in [0.1, 0.15) is 42.0 Å². The number of carbonyl (C=O) groups is 2. The second-order valence-corrected chi connectivity index (χ2v) is 13.1. The number of hydrogen-bond donors (Lipinski definition) is 0. The minimum absolute atomic E-state index is 0.0839. The number of hydrogen-bond acceptors (Lipinski definition) is 9. The third-order valence-corrected chi connectivity index (χ3v) is 9.51. The summed E-state index contributed by atoms with van der Waals surface area (Å²) in [7, 11) is 0. The van der Waals surface area contributed by atoms with E-state index in [0.717, 1.165) is 33.4 Å². The lowest BCUT2D eigenvalue weighted by molar-refractivity contribution is -0.237. The van der Waals surface area contributed by atoms with E-state index < -0.39 is 42.0 Å². The van der Waals surface area contributed by atoms with Crippen LogP contribution in [-0.2, 0) is 46.4 Å². The van der Waals surface area contributed by atoms with Crippen LogP contribution in [0.5, 0.6) is 0 Å². The van der Waals surface area contributed by atoms with Crippen LogP contribution >= 0.6 is 11.8 Å². The Labute approximate surface area is 285 Å². The Morgan fingerprint density at radius 3 is 1.88 bits per heavy atom. The second-order valence-electron chi connectivity index (χ2n) is 11.7. The minimum Gasteiger partial charge on any atom is -0.456 e. The minimum atomic E-state index is -1.03. The number of thioether (sulfide) groups is 1. The Bertz CT molecular complexity index is 1600. The van der Waals surface area contributed by atoms with Gasteiger partial charge in [0.15, 0.2) is 12.2 Å². The normalized spacial score (nSPS) is 21.6. The molecule has 0 spiro atoms. The van der Waals surface area contributed by atoms with E-state index >= 15 is 0 Å². The summed E-state index contributed by atoms with van der Waals surface area (Å²) in [6, 6.07) is 35.7. The fraction of sp³-hybridized carbons (Fsp3) is 0.333. The lowest BCUT2D eigenvalue weighted by Gasteiger charge is -2.44. The third-order valence-electron chi connectivity index (χ3n) is 8.47. The van der Waals surface area contributed by atoms with Gasteiger partial charge < -0.3 is 28.4 Å². The molecule has 9 heteroatoms. The smallest absolute Gasteiger partial charge is 0.456 e. The third kappa shape index (κ3) is 8.10. The zero-order valence-corrected chi connectivity index (χ0v) is 27.9. The molecule has 0 bridgehead atoms. The highest BCUT2D eigenvalue weighted by Gasteiger charge is 2.51. The summed E-state index contributed by atoms with van der Waals surface area (Å²) in [5, 5.41) is 0. The second kappa shape index (κ2) is 16.3. The summed E-state index contributed by atoms with van der Waals surface area (Å²) in [6.45, 7) is 4.10. The van der Waals surface area contributed by atoms with Gasteiger partial charge in [-0.25, -0.2) is 4.79 Å². The van der Waals surface area contributed by atoms with Gasteiger partial charge in [0.25, 0.3) is 0 Å². The van der Waals surface area contributed by atoms with Gasteiger partial charge in [-0.3, -0.25) is 4.79 Å². The molecular formula is C39H40O8S. The van der Waals surface area contributed by atoms with Crippen LogP contribution in [0.4, 0.5) is 4.79 Å². The maximum absolute atomic E-state index is 13.6. The Kier molecular flexibility index (Phi) is 11.5. The SMILES string of the molecule is CCS[C@@H]1O[C@H](COCc2ccccc2)[C@H](OC(C)=O)[C@H](OC(=O)OCC2c3ccccc3-c3ccccc32)[C@H]1OCc1ccccc1. The quantitative estimate of drug-likeness (QED) is 0.134. The van der Waals surface area contributed by atoms with E-state index in [0.29, 0.717) is 12.4 Å². The van der Waals surface area contributed by atoms with Gasteiger partial charge >= 0.3 is 12.1 Å². The molecule has 4 aromatic rings. The molecule has 5 atom stereocenters. The highest BCUT2D eigenvalue weighted by molar-refractivity contribution is 7.99. The van der Waals surface area contributed by atoms with Gasteiger partial charge in [-0.15, -0.1) is 11.8 Å². The lowest BCUT2D eigenvalue weighted by atomic mass is 9.98. The predicted molar refractivity (Wildman–Crippen MR) is 183 cm³/mol. The molecule has 0 amide bonds. The summed E-state index contributed by atoms with van der Waals surface area (Å²) >= 11 is 1.52. The van der Waals surface area contributed by atoms with E-state index in [4.69, 9.17) is 28.4 Å². The van der Waals surface area contributed by atoms with Crippen LogP contribution in [0.15, 0.2) is 109 Å². The van der Waals surface area contributed by atoms with Gasteiger partial charge in [0.2, 0.25) is 0 Å². The van der Waals surface area contributed by atoms with E-state index in [1.165, 1.54) is 18.7 Å².